The molecule has 0 atom stereocenters. The van der Waals surface area contributed by atoms with Gasteiger partial charge in [-0.25, -0.2) is 12.7 Å². The number of sulfonamides is 1. The first-order chi connectivity index (χ1) is 13.6. The van der Waals surface area contributed by atoms with Gasteiger partial charge in [0.05, 0.1) is 21.9 Å². The van der Waals surface area contributed by atoms with Crippen LogP contribution in [0.15, 0.2) is 36.4 Å². The van der Waals surface area contributed by atoms with Crippen molar-refractivity contribution >= 4 is 44.8 Å². The van der Waals surface area contributed by atoms with Crippen molar-refractivity contribution in [3.63, 3.8) is 0 Å². The second-order valence-corrected chi connectivity index (χ2v) is 9.62. The van der Waals surface area contributed by atoms with Crippen molar-refractivity contribution < 1.29 is 27.5 Å². The van der Waals surface area contributed by atoms with E-state index in [2.05, 4.69) is 5.32 Å². The number of benzene rings is 2. The summed E-state index contributed by atoms with van der Waals surface area (Å²) in [5.41, 5.74) is -0.496. The van der Waals surface area contributed by atoms with Crippen LogP contribution in [0.5, 0.6) is 11.5 Å². The van der Waals surface area contributed by atoms with Gasteiger partial charge < -0.3 is 14.8 Å². The lowest BCUT2D eigenvalue weighted by Gasteiger charge is -2.19. The van der Waals surface area contributed by atoms with E-state index in [4.69, 9.17) is 21.1 Å². The smallest absolute Gasteiger partial charge is 0.255 e. The molecular formula is C19H17ClN2O6S. The summed E-state index contributed by atoms with van der Waals surface area (Å²) in [6, 6.07) is 9.07. The van der Waals surface area contributed by atoms with Crippen LogP contribution in [0.4, 0.5) is 11.4 Å². The first-order valence-electron chi connectivity index (χ1n) is 8.66. The summed E-state index contributed by atoms with van der Waals surface area (Å²) in [4.78, 5) is 25.3. The quantitative estimate of drug-likeness (QED) is 0.793. The molecule has 2 aliphatic heterocycles. The Kier molecular flexibility index (Phi) is 4.47. The number of amides is 2. The molecule has 2 amide bonds. The Morgan fingerprint density at radius 2 is 1.86 bits per heavy atom. The summed E-state index contributed by atoms with van der Waals surface area (Å²) in [7, 11) is -3.89. The van der Waals surface area contributed by atoms with Crippen molar-refractivity contribution in [3.05, 3.63) is 47.0 Å². The zero-order valence-electron chi connectivity index (χ0n) is 15.6. The SMILES string of the molecule is CC1(C)CS(=O)(=O)N(c2cc(C(=O)Nc3ccc4c(c3)OCO4)ccc2Cl)C1=O. The lowest BCUT2D eigenvalue weighted by Crippen LogP contribution is -2.33. The van der Waals surface area contributed by atoms with Gasteiger partial charge in [0.15, 0.2) is 11.5 Å². The predicted molar refractivity (Wildman–Crippen MR) is 107 cm³/mol. The van der Waals surface area contributed by atoms with Gasteiger partial charge in [0.25, 0.3) is 5.91 Å². The summed E-state index contributed by atoms with van der Waals surface area (Å²) in [5.74, 6) is -0.325. The highest BCUT2D eigenvalue weighted by Gasteiger charge is 2.50. The zero-order chi connectivity index (χ0) is 21.0. The highest BCUT2D eigenvalue weighted by Crippen LogP contribution is 2.39. The molecule has 2 heterocycles. The van der Waals surface area contributed by atoms with E-state index in [-0.39, 0.29) is 28.8 Å². The molecule has 1 saturated heterocycles. The summed E-state index contributed by atoms with van der Waals surface area (Å²) in [6.07, 6.45) is 0. The van der Waals surface area contributed by atoms with Gasteiger partial charge in [-0.1, -0.05) is 11.6 Å². The number of carbonyl (C=O) groups excluding carboxylic acids is 2. The minimum Gasteiger partial charge on any atom is -0.454 e. The first-order valence-corrected chi connectivity index (χ1v) is 10.7. The van der Waals surface area contributed by atoms with Crippen LogP contribution < -0.4 is 19.1 Å². The fourth-order valence-corrected chi connectivity index (χ4v) is 5.60. The molecule has 0 aliphatic carbocycles. The number of fused-ring (bicyclic) bond motifs is 1. The van der Waals surface area contributed by atoms with E-state index < -0.39 is 27.3 Å². The molecule has 4 rings (SSSR count). The number of nitrogens with one attached hydrogen (secondary N) is 1. The Morgan fingerprint density at radius 1 is 1.14 bits per heavy atom. The Bertz CT molecular complexity index is 1150. The lowest BCUT2D eigenvalue weighted by atomic mass is 9.95. The van der Waals surface area contributed by atoms with Crippen molar-refractivity contribution in [1.29, 1.82) is 0 Å². The van der Waals surface area contributed by atoms with Gasteiger partial charge in [-0.2, -0.15) is 0 Å². The monoisotopic (exact) mass is 436 g/mol. The maximum Gasteiger partial charge on any atom is 0.255 e. The number of carbonyl (C=O) groups is 2. The molecule has 29 heavy (non-hydrogen) atoms. The highest BCUT2D eigenvalue weighted by atomic mass is 35.5. The first kappa shape index (κ1) is 19.5. The number of anilines is 2. The maximum atomic E-state index is 12.7. The van der Waals surface area contributed by atoms with Gasteiger partial charge in [0, 0.05) is 17.3 Å². The lowest BCUT2D eigenvalue weighted by molar-refractivity contribution is -0.123. The van der Waals surface area contributed by atoms with Crippen LogP contribution in [0.25, 0.3) is 0 Å². The van der Waals surface area contributed by atoms with Crippen LogP contribution in [-0.2, 0) is 14.8 Å². The maximum absolute atomic E-state index is 12.7. The number of hydrogen-bond acceptors (Lipinski definition) is 6. The summed E-state index contributed by atoms with van der Waals surface area (Å²) >= 11 is 6.17. The van der Waals surface area contributed by atoms with Crippen molar-refractivity contribution in [2.24, 2.45) is 5.41 Å². The third kappa shape index (κ3) is 3.40. The van der Waals surface area contributed by atoms with Gasteiger partial charge >= 0.3 is 0 Å². The molecule has 2 aromatic rings. The minimum atomic E-state index is -3.89. The van der Waals surface area contributed by atoms with Crippen LogP contribution in [0.3, 0.4) is 0 Å². The predicted octanol–water partition coefficient (Wildman–Crippen LogP) is 3.02. The summed E-state index contributed by atoms with van der Waals surface area (Å²) < 4.78 is 36.3. The van der Waals surface area contributed by atoms with Gasteiger partial charge in [-0.15, -0.1) is 0 Å². The van der Waals surface area contributed by atoms with E-state index in [9.17, 15) is 18.0 Å². The van der Waals surface area contributed by atoms with Crippen molar-refractivity contribution in [2.45, 2.75) is 13.8 Å². The van der Waals surface area contributed by atoms with Crippen LogP contribution in [0, 0.1) is 5.41 Å². The standard InChI is InChI=1S/C19H17ClN2O6S/c1-19(2)9-29(25,26)22(18(19)24)14-7-11(3-5-13(14)20)17(23)21-12-4-6-15-16(8-12)28-10-27-15/h3-8H,9-10H2,1-2H3,(H,21,23). The molecule has 2 aromatic carbocycles. The number of hydrogen-bond donors (Lipinski definition) is 1. The molecule has 0 bridgehead atoms. The van der Waals surface area contributed by atoms with Crippen LogP contribution in [-0.4, -0.2) is 32.8 Å². The zero-order valence-corrected chi connectivity index (χ0v) is 17.1. The van der Waals surface area contributed by atoms with E-state index in [1.54, 1.807) is 32.0 Å². The van der Waals surface area contributed by atoms with Gasteiger partial charge in [-0.3, -0.25) is 9.59 Å². The molecule has 1 N–H and O–H groups in total. The third-order valence-corrected chi connectivity index (χ3v) is 6.97. The van der Waals surface area contributed by atoms with E-state index in [0.29, 0.717) is 21.5 Å². The number of rotatable bonds is 3. The molecule has 0 spiro atoms. The Labute approximate surface area is 172 Å². The molecule has 0 aromatic heterocycles. The Hall–Kier alpha value is -2.78. The van der Waals surface area contributed by atoms with Crippen molar-refractivity contribution in [1.82, 2.24) is 0 Å². The molecule has 0 saturated carbocycles. The minimum absolute atomic E-state index is 0.0411. The fourth-order valence-electron chi connectivity index (χ4n) is 3.23. The second-order valence-electron chi connectivity index (χ2n) is 7.40. The number of ether oxygens (including phenoxy) is 2. The van der Waals surface area contributed by atoms with E-state index in [0.717, 1.165) is 0 Å². The second kappa shape index (κ2) is 6.64. The average molecular weight is 437 g/mol. The Balaban J connectivity index is 1.65. The van der Waals surface area contributed by atoms with Gasteiger partial charge in [0.2, 0.25) is 22.7 Å². The molecule has 152 valence electrons. The fraction of sp³-hybridized carbons (Fsp3) is 0.263. The van der Waals surface area contributed by atoms with Gasteiger partial charge in [-0.05, 0) is 44.2 Å². The molecule has 1 fully saturated rings. The highest BCUT2D eigenvalue weighted by molar-refractivity contribution is 7.94. The van der Waals surface area contributed by atoms with Crippen LogP contribution >= 0.6 is 11.6 Å². The van der Waals surface area contributed by atoms with E-state index >= 15 is 0 Å². The van der Waals surface area contributed by atoms with Crippen LogP contribution in [0.2, 0.25) is 5.02 Å². The van der Waals surface area contributed by atoms with Gasteiger partial charge in [0.1, 0.15) is 0 Å². The summed E-state index contributed by atoms with van der Waals surface area (Å²) in [5, 5.41) is 2.76. The topological polar surface area (TPSA) is 102 Å². The molecule has 10 heteroatoms. The third-order valence-electron chi connectivity index (χ3n) is 4.64. The number of halogens is 1. The average Bonchev–Trinajstić information content (AvgIpc) is 3.15. The Morgan fingerprint density at radius 3 is 2.55 bits per heavy atom. The molecule has 0 unspecified atom stereocenters. The largest absolute Gasteiger partial charge is 0.454 e. The normalized spacial score (nSPS) is 18.7. The molecule has 0 radical (unpaired) electrons. The number of nitrogens with zero attached hydrogens (tertiary/aromatic N) is 1. The molecular weight excluding hydrogens is 420 g/mol. The van der Waals surface area contributed by atoms with Crippen molar-refractivity contribution in [2.75, 3.05) is 22.2 Å². The van der Waals surface area contributed by atoms with E-state index in [1.807, 2.05) is 0 Å². The van der Waals surface area contributed by atoms with E-state index in [1.165, 1.54) is 18.2 Å². The van der Waals surface area contributed by atoms with Crippen molar-refractivity contribution in [3.8, 4) is 11.5 Å². The molecule has 2 aliphatic rings. The van der Waals surface area contributed by atoms with Crippen LogP contribution in [0.1, 0.15) is 24.2 Å². The summed E-state index contributed by atoms with van der Waals surface area (Å²) in [6.45, 7) is 3.22. The molecule has 8 nitrogen and oxygen atoms in total.